The number of carbonyl (C=O) groups excluding carboxylic acids is 1. The van der Waals surface area contributed by atoms with E-state index in [9.17, 15) is 18.0 Å². The van der Waals surface area contributed by atoms with Crippen molar-refractivity contribution in [1.82, 2.24) is 4.90 Å². The second-order valence-corrected chi connectivity index (χ2v) is 4.73. The number of alkyl halides is 3. The first-order chi connectivity index (χ1) is 9.31. The smallest absolute Gasteiger partial charge is 0.339 e. The predicted octanol–water partition coefficient (Wildman–Crippen LogP) is 2.76. The lowest BCUT2D eigenvalue weighted by molar-refractivity contribution is -0.138. The van der Waals surface area contributed by atoms with Gasteiger partial charge in [0.15, 0.2) is 0 Å². The van der Waals surface area contributed by atoms with Crippen LogP contribution in [0.2, 0.25) is 0 Å². The van der Waals surface area contributed by atoms with Crippen molar-refractivity contribution in [2.45, 2.75) is 20.0 Å². The van der Waals surface area contributed by atoms with E-state index in [4.69, 9.17) is 5.73 Å². The van der Waals surface area contributed by atoms with Gasteiger partial charge in [0.1, 0.15) is 0 Å². The Morgan fingerprint density at radius 1 is 1.35 bits per heavy atom. The van der Waals surface area contributed by atoms with E-state index in [1.54, 1.807) is 6.92 Å². The van der Waals surface area contributed by atoms with Gasteiger partial charge in [0.2, 0.25) is 0 Å². The van der Waals surface area contributed by atoms with Crippen molar-refractivity contribution in [3.05, 3.63) is 35.4 Å². The lowest BCUT2D eigenvalue weighted by Crippen LogP contribution is -2.37. The van der Waals surface area contributed by atoms with Gasteiger partial charge in [-0.3, -0.25) is 4.79 Å². The highest BCUT2D eigenvalue weighted by atomic mass is 19.4. The van der Waals surface area contributed by atoms with Gasteiger partial charge in [0.25, 0.3) is 5.91 Å². The first-order valence-electron chi connectivity index (χ1n) is 6.46. The van der Waals surface area contributed by atoms with Crippen molar-refractivity contribution in [3.63, 3.8) is 0 Å². The fourth-order valence-corrected chi connectivity index (χ4v) is 1.89. The summed E-state index contributed by atoms with van der Waals surface area (Å²) >= 11 is 0. The molecule has 0 aromatic heterocycles. The molecule has 0 saturated heterocycles. The fraction of sp³-hybridized carbons (Fsp3) is 0.500. The Balaban J connectivity index is 3.07. The first kappa shape index (κ1) is 16.5. The number of amides is 1. The molecule has 0 aliphatic carbocycles. The van der Waals surface area contributed by atoms with Crippen molar-refractivity contribution in [2.24, 2.45) is 11.7 Å². The van der Waals surface area contributed by atoms with Crippen LogP contribution in [0, 0.1) is 5.92 Å². The molecule has 0 heterocycles. The third-order valence-electron chi connectivity index (χ3n) is 3.07. The highest BCUT2D eigenvalue weighted by molar-refractivity contribution is 5.95. The largest absolute Gasteiger partial charge is 0.417 e. The van der Waals surface area contributed by atoms with Gasteiger partial charge in [-0.2, -0.15) is 13.2 Å². The van der Waals surface area contributed by atoms with E-state index in [2.05, 4.69) is 0 Å². The molecule has 112 valence electrons. The van der Waals surface area contributed by atoms with E-state index in [0.717, 1.165) is 6.07 Å². The van der Waals surface area contributed by atoms with Crippen LogP contribution in [0.1, 0.15) is 29.8 Å². The van der Waals surface area contributed by atoms with E-state index >= 15 is 0 Å². The molecule has 0 aliphatic heterocycles. The molecule has 20 heavy (non-hydrogen) atoms. The van der Waals surface area contributed by atoms with Crippen LogP contribution in [-0.2, 0) is 6.18 Å². The molecule has 1 rings (SSSR count). The van der Waals surface area contributed by atoms with Gasteiger partial charge in [0, 0.05) is 13.1 Å². The molecule has 1 unspecified atom stereocenters. The number of halogens is 3. The third-order valence-corrected chi connectivity index (χ3v) is 3.07. The van der Waals surface area contributed by atoms with E-state index in [1.807, 2.05) is 6.92 Å². The standard InChI is InChI=1S/C14H19F3N2O/c1-3-19(9-10(2)8-18)13(20)11-6-4-5-7-12(11)14(15,16)17/h4-7,10H,3,8-9,18H2,1-2H3. The molecule has 6 heteroatoms. The van der Waals surface area contributed by atoms with Gasteiger partial charge in [-0.25, -0.2) is 0 Å². The maximum absolute atomic E-state index is 12.9. The number of benzene rings is 1. The molecule has 0 bridgehead atoms. The number of rotatable bonds is 5. The lowest BCUT2D eigenvalue weighted by atomic mass is 10.0. The Morgan fingerprint density at radius 3 is 2.45 bits per heavy atom. The Hall–Kier alpha value is -1.56. The highest BCUT2D eigenvalue weighted by Gasteiger charge is 2.35. The van der Waals surface area contributed by atoms with Gasteiger partial charge in [0.05, 0.1) is 11.1 Å². The van der Waals surface area contributed by atoms with Crippen molar-refractivity contribution < 1.29 is 18.0 Å². The average Bonchev–Trinajstić information content (AvgIpc) is 2.42. The maximum atomic E-state index is 12.9. The molecule has 1 amide bonds. The Kier molecular flexibility index (Phi) is 5.56. The van der Waals surface area contributed by atoms with Crippen molar-refractivity contribution in [2.75, 3.05) is 19.6 Å². The Labute approximate surface area is 116 Å². The number of hydrogen-bond acceptors (Lipinski definition) is 2. The van der Waals surface area contributed by atoms with E-state index in [0.29, 0.717) is 19.6 Å². The van der Waals surface area contributed by atoms with Gasteiger partial charge >= 0.3 is 6.18 Å². The maximum Gasteiger partial charge on any atom is 0.417 e. The molecular formula is C14H19F3N2O. The molecule has 3 nitrogen and oxygen atoms in total. The Morgan fingerprint density at radius 2 is 1.95 bits per heavy atom. The molecule has 2 N–H and O–H groups in total. The van der Waals surface area contributed by atoms with Crippen molar-refractivity contribution in [3.8, 4) is 0 Å². The average molecular weight is 288 g/mol. The summed E-state index contributed by atoms with van der Waals surface area (Å²) in [4.78, 5) is 13.7. The fourth-order valence-electron chi connectivity index (χ4n) is 1.89. The number of hydrogen-bond donors (Lipinski definition) is 1. The number of carbonyl (C=O) groups is 1. The third kappa shape index (κ3) is 3.96. The second kappa shape index (κ2) is 6.74. The normalized spacial score (nSPS) is 13.1. The van der Waals surface area contributed by atoms with Gasteiger partial charge in [-0.1, -0.05) is 19.1 Å². The Bertz CT molecular complexity index is 460. The van der Waals surface area contributed by atoms with Gasteiger partial charge in [-0.15, -0.1) is 0 Å². The summed E-state index contributed by atoms with van der Waals surface area (Å²) in [5.74, 6) is -0.572. The molecular weight excluding hydrogens is 269 g/mol. The molecule has 1 aromatic rings. The molecule has 1 aromatic carbocycles. The van der Waals surface area contributed by atoms with Crippen LogP contribution >= 0.6 is 0 Å². The van der Waals surface area contributed by atoms with Crippen LogP contribution in [0.4, 0.5) is 13.2 Å². The zero-order valence-corrected chi connectivity index (χ0v) is 11.6. The molecule has 0 spiro atoms. The van der Waals surface area contributed by atoms with Gasteiger partial charge < -0.3 is 10.6 Å². The molecule has 0 fully saturated rings. The van der Waals surface area contributed by atoms with Crippen LogP contribution in [0.5, 0.6) is 0 Å². The summed E-state index contributed by atoms with van der Waals surface area (Å²) in [7, 11) is 0. The van der Waals surface area contributed by atoms with Crippen LogP contribution in [0.3, 0.4) is 0 Å². The lowest BCUT2D eigenvalue weighted by Gasteiger charge is -2.25. The van der Waals surface area contributed by atoms with E-state index in [1.165, 1.54) is 23.1 Å². The summed E-state index contributed by atoms with van der Waals surface area (Å²) in [5.41, 5.74) is 4.28. The zero-order valence-electron chi connectivity index (χ0n) is 11.6. The number of nitrogens with zero attached hydrogens (tertiary/aromatic N) is 1. The first-order valence-corrected chi connectivity index (χ1v) is 6.46. The predicted molar refractivity (Wildman–Crippen MR) is 71.2 cm³/mol. The summed E-state index contributed by atoms with van der Waals surface area (Å²) in [6.07, 6.45) is -4.54. The van der Waals surface area contributed by atoms with Crippen LogP contribution < -0.4 is 5.73 Å². The van der Waals surface area contributed by atoms with E-state index in [-0.39, 0.29) is 11.5 Å². The topological polar surface area (TPSA) is 46.3 Å². The SMILES string of the molecule is CCN(CC(C)CN)C(=O)c1ccccc1C(F)(F)F. The minimum atomic E-state index is -4.54. The zero-order chi connectivity index (χ0) is 15.3. The minimum Gasteiger partial charge on any atom is -0.339 e. The quantitative estimate of drug-likeness (QED) is 0.905. The second-order valence-electron chi connectivity index (χ2n) is 4.73. The van der Waals surface area contributed by atoms with E-state index < -0.39 is 17.6 Å². The van der Waals surface area contributed by atoms with Crippen LogP contribution in [-0.4, -0.2) is 30.4 Å². The van der Waals surface area contributed by atoms with Crippen LogP contribution in [0.25, 0.3) is 0 Å². The van der Waals surface area contributed by atoms with Crippen molar-refractivity contribution >= 4 is 5.91 Å². The summed E-state index contributed by atoms with van der Waals surface area (Å²) in [6, 6.07) is 4.84. The number of nitrogens with two attached hydrogens (primary N) is 1. The van der Waals surface area contributed by atoms with Crippen molar-refractivity contribution in [1.29, 1.82) is 0 Å². The monoisotopic (exact) mass is 288 g/mol. The highest BCUT2D eigenvalue weighted by Crippen LogP contribution is 2.32. The summed E-state index contributed by atoms with van der Waals surface area (Å²) < 4.78 is 38.7. The molecule has 0 saturated carbocycles. The summed E-state index contributed by atoms with van der Waals surface area (Å²) in [6.45, 7) is 4.65. The molecule has 0 radical (unpaired) electrons. The summed E-state index contributed by atoms with van der Waals surface area (Å²) in [5, 5.41) is 0. The molecule has 0 aliphatic rings. The minimum absolute atomic E-state index is 0.0388. The van der Waals surface area contributed by atoms with Crippen LogP contribution in [0.15, 0.2) is 24.3 Å². The molecule has 1 atom stereocenters. The van der Waals surface area contributed by atoms with Gasteiger partial charge in [-0.05, 0) is 31.5 Å².